The van der Waals surface area contributed by atoms with Crippen molar-refractivity contribution < 1.29 is 13.2 Å². The number of aryl methyl sites for hydroxylation is 2. The minimum absolute atomic E-state index is 0.391. The van der Waals surface area contributed by atoms with E-state index in [1.807, 2.05) is 60.7 Å². The van der Waals surface area contributed by atoms with Gasteiger partial charge in [0.15, 0.2) is 0 Å². The Morgan fingerprint density at radius 2 is 0.817 bits per heavy atom. The average Bonchev–Trinajstić information content (AvgIpc) is 3.98. The van der Waals surface area contributed by atoms with Gasteiger partial charge < -0.3 is 18.3 Å². The first-order valence-corrected chi connectivity index (χ1v) is 19.8. The molecule has 12 aromatic rings. The summed E-state index contributed by atoms with van der Waals surface area (Å²) in [5.41, 5.74) is 9.45. The highest BCUT2D eigenvalue weighted by Crippen LogP contribution is 2.45. The molecule has 60 heavy (non-hydrogen) atoms. The lowest BCUT2D eigenvalue weighted by molar-refractivity contribution is -0.137. The standard InChI is InChI=1S/C52H32F3N5/c1-57-42-18-7-3-14-33(42)37-22-24-39-35-16-5-9-20-44(35)59(50(39)48(37)57)46-27-31(30-12-11-13-32(26-30)52(53,54)55)28-47(41(46)29-56)60-45-21-10-6-17-36(45)40-25-23-38-34-15-4-8-19-43(34)58(2)49(38)51(40)60/h3-28H,1-2H3. The SMILES string of the molecule is Cn1c2ccccc2c2ccc3c4ccccc4n(-c4cc(-c5cccc(C(F)(F)F)c5)cc(-n5c6ccccc6c6ccc7c8ccccc8n(C)c7c65)c4C#N)c3c21. The summed E-state index contributed by atoms with van der Waals surface area (Å²) in [5, 5.41) is 20.0. The fraction of sp³-hybridized carbons (Fsp3) is 0.0577. The summed E-state index contributed by atoms with van der Waals surface area (Å²) in [6.45, 7) is 0. The molecule has 0 aliphatic rings. The zero-order valence-electron chi connectivity index (χ0n) is 32.4. The molecule has 286 valence electrons. The highest BCUT2D eigenvalue weighted by Gasteiger charge is 2.31. The summed E-state index contributed by atoms with van der Waals surface area (Å²) in [5.74, 6) is 0. The Kier molecular flexibility index (Phi) is 6.94. The van der Waals surface area contributed by atoms with Crippen LogP contribution in [0.25, 0.3) is 110 Å². The van der Waals surface area contributed by atoms with Crippen molar-refractivity contribution in [2.24, 2.45) is 14.1 Å². The van der Waals surface area contributed by atoms with Crippen molar-refractivity contribution in [3.05, 3.63) is 169 Å². The van der Waals surface area contributed by atoms with Crippen molar-refractivity contribution >= 4 is 87.2 Å². The molecule has 8 aromatic carbocycles. The minimum atomic E-state index is -4.55. The molecule has 0 aliphatic heterocycles. The number of nitriles is 1. The molecule has 0 aliphatic carbocycles. The number of nitrogens with zero attached hydrogens (tertiary/aromatic N) is 5. The van der Waals surface area contributed by atoms with E-state index in [2.05, 4.69) is 111 Å². The molecule has 0 atom stereocenters. The number of benzene rings is 8. The van der Waals surface area contributed by atoms with E-state index in [4.69, 9.17) is 0 Å². The van der Waals surface area contributed by atoms with E-state index in [1.165, 1.54) is 12.1 Å². The predicted molar refractivity (Wildman–Crippen MR) is 238 cm³/mol. The molecule has 4 heterocycles. The largest absolute Gasteiger partial charge is 0.416 e. The number of para-hydroxylation sites is 4. The van der Waals surface area contributed by atoms with Gasteiger partial charge in [0, 0.05) is 68.2 Å². The molecule has 12 rings (SSSR count). The van der Waals surface area contributed by atoms with Crippen LogP contribution in [0.1, 0.15) is 11.1 Å². The van der Waals surface area contributed by atoms with Gasteiger partial charge >= 0.3 is 6.18 Å². The zero-order valence-corrected chi connectivity index (χ0v) is 32.4. The second-order valence-electron chi connectivity index (χ2n) is 15.7. The van der Waals surface area contributed by atoms with Gasteiger partial charge in [-0.25, -0.2) is 0 Å². The lowest BCUT2D eigenvalue weighted by Gasteiger charge is -2.19. The molecule has 4 aromatic heterocycles. The molecule has 0 radical (unpaired) electrons. The summed E-state index contributed by atoms with van der Waals surface area (Å²) in [7, 11) is 4.13. The van der Waals surface area contributed by atoms with E-state index < -0.39 is 11.7 Å². The third-order valence-electron chi connectivity index (χ3n) is 12.6. The second-order valence-corrected chi connectivity index (χ2v) is 15.7. The highest BCUT2D eigenvalue weighted by atomic mass is 19.4. The van der Waals surface area contributed by atoms with Gasteiger partial charge in [-0.15, -0.1) is 0 Å². The van der Waals surface area contributed by atoms with E-state index in [-0.39, 0.29) is 0 Å². The third-order valence-corrected chi connectivity index (χ3v) is 12.6. The van der Waals surface area contributed by atoms with Crippen LogP contribution in [0, 0.1) is 11.3 Å². The van der Waals surface area contributed by atoms with Crippen LogP contribution in [0.4, 0.5) is 13.2 Å². The van der Waals surface area contributed by atoms with Crippen LogP contribution >= 0.6 is 0 Å². The Balaban J connectivity index is 1.31. The number of hydrogen-bond acceptors (Lipinski definition) is 1. The number of halogens is 3. The fourth-order valence-electron chi connectivity index (χ4n) is 10.0. The Labute approximate surface area is 340 Å². The van der Waals surface area contributed by atoms with Gasteiger partial charge in [0.05, 0.1) is 50.0 Å². The topological polar surface area (TPSA) is 43.5 Å². The Bertz CT molecular complexity index is 3650. The van der Waals surface area contributed by atoms with Crippen LogP contribution in [0.2, 0.25) is 0 Å². The second kappa shape index (κ2) is 12.1. The van der Waals surface area contributed by atoms with Crippen molar-refractivity contribution in [3.63, 3.8) is 0 Å². The maximum absolute atomic E-state index is 14.4. The molecular weight excluding hydrogens is 752 g/mol. The average molecular weight is 784 g/mol. The van der Waals surface area contributed by atoms with Gasteiger partial charge in [-0.2, -0.15) is 18.4 Å². The zero-order chi connectivity index (χ0) is 40.6. The quantitative estimate of drug-likeness (QED) is 0.176. The minimum Gasteiger partial charge on any atom is -0.342 e. The third kappa shape index (κ3) is 4.52. The molecule has 0 N–H and O–H groups in total. The lowest BCUT2D eigenvalue weighted by Crippen LogP contribution is -2.07. The van der Waals surface area contributed by atoms with Crippen LogP contribution in [0.3, 0.4) is 0 Å². The van der Waals surface area contributed by atoms with Crippen LogP contribution in [0.5, 0.6) is 0 Å². The van der Waals surface area contributed by atoms with Gasteiger partial charge in [0.25, 0.3) is 0 Å². The summed E-state index contributed by atoms with van der Waals surface area (Å²) in [6.07, 6.45) is -4.55. The van der Waals surface area contributed by atoms with Gasteiger partial charge in [0.1, 0.15) is 11.6 Å². The van der Waals surface area contributed by atoms with E-state index in [1.54, 1.807) is 6.07 Å². The lowest BCUT2D eigenvalue weighted by atomic mass is 9.98. The Hall–Kier alpha value is -7.76. The molecule has 5 nitrogen and oxygen atoms in total. The molecule has 0 spiro atoms. The first-order chi connectivity index (χ1) is 29.2. The normalized spacial score (nSPS) is 12.4. The van der Waals surface area contributed by atoms with Crippen molar-refractivity contribution in [3.8, 4) is 28.6 Å². The van der Waals surface area contributed by atoms with Crippen LogP contribution < -0.4 is 0 Å². The molecule has 0 unspecified atom stereocenters. The molecule has 0 amide bonds. The summed E-state index contributed by atoms with van der Waals surface area (Å²) in [6, 6.07) is 53.5. The first kappa shape index (κ1) is 34.3. The van der Waals surface area contributed by atoms with Gasteiger partial charge in [-0.3, -0.25) is 0 Å². The first-order valence-electron chi connectivity index (χ1n) is 19.8. The van der Waals surface area contributed by atoms with Crippen LogP contribution in [-0.4, -0.2) is 18.3 Å². The van der Waals surface area contributed by atoms with Crippen LogP contribution in [0.15, 0.2) is 158 Å². The number of rotatable bonds is 3. The monoisotopic (exact) mass is 783 g/mol. The van der Waals surface area contributed by atoms with Crippen molar-refractivity contribution in [1.29, 1.82) is 5.26 Å². The molecule has 0 saturated heterocycles. The number of alkyl halides is 3. The van der Waals surface area contributed by atoms with E-state index in [0.29, 0.717) is 28.1 Å². The predicted octanol–water partition coefficient (Wildman–Crippen LogP) is 13.7. The summed E-state index contributed by atoms with van der Waals surface area (Å²) >= 11 is 0. The van der Waals surface area contributed by atoms with Gasteiger partial charge in [0.2, 0.25) is 0 Å². The summed E-state index contributed by atoms with van der Waals surface area (Å²) < 4.78 is 51.9. The fourth-order valence-corrected chi connectivity index (χ4v) is 10.0. The van der Waals surface area contributed by atoms with Crippen molar-refractivity contribution in [2.75, 3.05) is 0 Å². The van der Waals surface area contributed by atoms with E-state index >= 15 is 0 Å². The number of aromatic nitrogens is 4. The Morgan fingerprint density at radius 3 is 1.25 bits per heavy atom. The molecule has 0 bridgehead atoms. The summed E-state index contributed by atoms with van der Waals surface area (Å²) in [4.78, 5) is 0. The highest BCUT2D eigenvalue weighted by molar-refractivity contribution is 6.25. The van der Waals surface area contributed by atoms with E-state index in [9.17, 15) is 18.4 Å². The molecule has 8 heteroatoms. The maximum atomic E-state index is 14.4. The van der Waals surface area contributed by atoms with E-state index in [0.717, 1.165) is 93.3 Å². The van der Waals surface area contributed by atoms with Crippen molar-refractivity contribution in [1.82, 2.24) is 18.3 Å². The maximum Gasteiger partial charge on any atom is 0.416 e. The molecule has 0 fully saturated rings. The van der Waals surface area contributed by atoms with Crippen LogP contribution in [-0.2, 0) is 20.3 Å². The smallest absolute Gasteiger partial charge is 0.342 e. The molecule has 0 saturated carbocycles. The van der Waals surface area contributed by atoms with Gasteiger partial charge in [-0.1, -0.05) is 109 Å². The van der Waals surface area contributed by atoms with Gasteiger partial charge in [-0.05, 0) is 59.7 Å². The number of fused-ring (bicyclic) bond motifs is 14. The van der Waals surface area contributed by atoms with Crippen molar-refractivity contribution in [2.45, 2.75) is 6.18 Å². The number of hydrogen-bond donors (Lipinski definition) is 0. The molecular formula is C52H32F3N5. The Morgan fingerprint density at radius 1 is 0.417 bits per heavy atom.